The lowest BCUT2D eigenvalue weighted by Gasteiger charge is -2.18. The van der Waals surface area contributed by atoms with Crippen LogP contribution in [0.5, 0.6) is 0 Å². The van der Waals surface area contributed by atoms with Crippen molar-refractivity contribution in [3.8, 4) is 0 Å². The lowest BCUT2D eigenvalue weighted by Crippen LogP contribution is -2.35. The molecular formula is C17H16F3NO4S. The average molecular weight is 387 g/mol. The van der Waals surface area contributed by atoms with Gasteiger partial charge in [-0.05, 0) is 30.7 Å². The average Bonchev–Trinajstić information content (AvgIpc) is 2.60. The summed E-state index contributed by atoms with van der Waals surface area (Å²) in [5.41, 5.74) is -0.797. The van der Waals surface area contributed by atoms with Crippen molar-refractivity contribution in [2.24, 2.45) is 0 Å². The smallest absolute Gasteiger partial charge is 0.416 e. The number of halogens is 3. The Kier molecular flexibility index (Phi) is 6.04. The summed E-state index contributed by atoms with van der Waals surface area (Å²) in [4.78, 5) is 11.6. The number of hydrogen-bond acceptors (Lipinski definition) is 4. The Bertz CT molecular complexity index is 867. The lowest BCUT2D eigenvalue weighted by molar-refractivity contribution is -0.145. The van der Waals surface area contributed by atoms with Gasteiger partial charge in [-0.15, -0.1) is 0 Å². The summed E-state index contributed by atoms with van der Waals surface area (Å²) in [7, 11) is -4.40. The molecule has 0 spiro atoms. The zero-order chi connectivity index (χ0) is 19.4. The highest BCUT2D eigenvalue weighted by molar-refractivity contribution is 7.89. The van der Waals surface area contributed by atoms with Gasteiger partial charge in [0.2, 0.25) is 10.0 Å². The van der Waals surface area contributed by atoms with Gasteiger partial charge in [0, 0.05) is 0 Å². The Morgan fingerprint density at radius 3 is 2.35 bits per heavy atom. The van der Waals surface area contributed by atoms with Crippen molar-refractivity contribution in [2.75, 3.05) is 6.61 Å². The number of benzene rings is 2. The number of rotatable bonds is 6. The molecule has 0 aliphatic heterocycles. The van der Waals surface area contributed by atoms with Gasteiger partial charge in [-0.2, -0.15) is 17.9 Å². The van der Waals surface area contributed by atoms with Gasteiger partial charge >= 0.3 is 12.1 Å². The van der Waals surface area contributed by atoms with Crippen LogP contribution >= 0.6 is 0 Å². The molecule has 0 bridgehead atoms. The van der Waals surface area contributed by atoms with Gasteiger partial charge in [0.25, 0.3) is 0 Å². The molecule has 0 heterocycles. The minimum atomic E-state index is -4.69. The molecule has 0 fully saturated rings. The van der Waals surface area contributed by atoms with Crippen LogP contribution in [-0.4, -0.2) is 21.0 Å². The predicted molar refractivity (Wildman–Crippen MR) is 87.6 cm³/mol. The van der Waals surface area contributed by atoms with E-state index in [1.165, 1.54) is 12.1 Å². The second-order valence-corrected chi connectivity index (χ2v) is 6.96. The fourth-order valence-corrected chi connectivity index (χ4v) is 3.40. The van der Waals surface area contributed by atoms with Crippen LogP contribution in [0.2, 0.25) is 0 Å². The maximum atomic E-state index is 12.8. The first kappa shape index (κ1) is 19.9. The van der Waals surface area contributed by atoms with E-state index in [0.717, 1.165) is 18.2 Å². The van der Waals surface area contributed by atoms with Gasteiger partial charge in [-0.1, -0.05) is 36.4 Å². The van der Waals surface area contributed by atoms with Crippen LogP contribution < -0.4 is 4.72 Å². The molecule has 0 saturated carbocycles. The molecule has 1 unspecified atom stereocenters. The quantitative estimate of drug-likeness (QED) is 0.772. The van der Waals surface area contributed by atoms with Crippen LogP contribution in [0, 0.1) is 0 Å². The highest BCUT2D eigenvalue weighted by Gasteiger charge is 2.33. The molecular weight excluding hydrogens is 371 g/mol. The van der Waals surface area contributed by atoms with E-state index in [0.29, 0.717) is 11.6 Å². The molecule has 2 rings (SSSR count). The third kappa shape index (κ3) is 4.83. The molecule has 0 amide bonds. The standard InChI is InChI=1S/C17H16F3NO4S/c1-2-25-16(22)15(12-7-4-3-5-8-12)21-26(23,24)14-10-6-9-13(11-14)17(18,19)20/h3-11,15,21H,2H2,1H3. The van der Waals surface area contributed by atoms with Crippen LogP contribution in [0.1, 0.15) is 24.1 Å². The minimum absolute atomic E-state index is 0.0213. The molecule has 0 aliphatic rings. The molecule has 140 valence electrons. The summed E-state index contributed by atoms with van der Waals surface area (Å²) >= 11 is 0. The summed E-state index contributed by atoms with van der Waals surface area (Å²) in [5.74, 6) is -0.853. The van der Waals surface area contributed by atoms with E-state index in [1.54, 1.807) is 25.1 Å². The Hall–Kier alpha value is -2.39. The predicted octanol–water partition coefficient (Wildman–Crippen LogP) is 3.29. The van der Waals surface area contributed by atoms with Crippen LogP contribution in [0.3, 0.4) is 0 Å². The van der Waals surface area contributed by atoms with Crippen LogP contribution in [-0.2, 0) is 25.7 Å². The Labute approximate surface area is 148 Å². The molecule has 0 saturated heterocycles. The maximum Gasteiger partial charge on any atom is 0.416 e. The van der Waals surface area contributed by atoms with E-state index < -0.39 is 38.7 Å². The Morgan fingerprint density at radius 2 is 1.77 bits per heavy atom. The zero-order valence-electron chi connectivity index (χ0n) is 13.7. The number of sulfonamides is 1. The van der Waals surface area contributed by atoms with Crippen molar-refractivity contribution in [1.29, 1.82) is 0 Å². The third-order valence-electron chi connectivity index (χ3n) is 3.40. The van der Waals surface area contributed by atoms with Crippen LogP contribution in [0.15, 0.2) is 59.5 Å². The molecule has 9 heteroatoms. The molecule has 0 radical (unpaired) electrons. The van der Waals surface area contributed by atoms with Crippen molar-refractivity contribution >= 4 is 16.0 Å². The van der Waals surface area contributed by atoms with Gasteiger partial charge in [0.1, 0.15) is 6.04 Å². The van der Waals surface area contributed by atoms with E-state index in [2.05, 4.69) is 4.72 Å². The van der Waals surface area contributed by atoms with Gasteiger partial charge < -0.3 is 4.74 Å². The first-order valence-corrected chi connectivity index (χ1v) is 9.04. The second-order valence-electron chi connectivity index (χ2n) is 5.24. The van der Waals surface area contributed by atoms with Gasteiger partial charge in [-0.3, -0.25) is 0 Å². The highest BCUT2D eigenvalue weighted by Crippen LogP contribution is 2.30. The summed E-state index contributed by atoms with van der Waals surface area (Å²) in [6.07, 6.45) is -4.69. The Balaban J connectivity index is 2.39. The van der Waals surface area contributed by atoms with E-state index in [-0.39, 0.29) is 6.61 Å². The summed E-state index contributed by atoms with van der Waals surface area (Å²) in [6.45, 7) is 1.58. The fraction of sp³-hybridized carbons (Fsp3) is 0.235. The number of alkyl halides is 3. The van der Waals surface area contributed by atoms with Crippen molar-refractivity contribution in [3.05, 3.63) is 65.7 Å². The van der Waals surface area contributed by atoms with Gasteiger partial charge in [0.05, 0.1) is 17.1 Å². The number of carbonyl (C=O) groups is 1. The number of hydrogen-bond donors (Lipinski definition) is 1. The number of nitrogens with one attached hydrogen (secondary N) is 1. The molecule has 1 atom stereocenters. The third-order valence-corrected chi connectivity index (χ3v) is 4.82. The minimum Gasteiger partial charge on any atom is -0.465 e. The van der Waals surface area contributed by atoms with Crippen molar-refractivity contribution in [3.63, 3.8) is 0 Å². The molecule has 1 N–H and O–H groups in total. The van der Waals surface area contributed by atoms with E-state index in [1.807, 2.05) is 0 Å². The second kappa shape index (κ2) is 7.88. The zero-order valence-corrected chi connectivity index (χ0v) is 14.5. The van der Waals surface area contributed by atoms with E-state index in [9.17, 15) is 26.4 Å². The van der Waals surface area contributed by atoms with Crippen molar-refractivity contribution in [2.45, 2.75) is 24.0 Å². The number of esters is 1. The van der Waals surface area contributed by atoms with Gasteiger partial charge in [0.15, 0.2) is 0 Å². The molecule has 2 aromatic carbocycles. The Morgan fingerprint density at radius 1 is 1.12 bits per heavy atom. The normalized spacial score (nSPS) is 13.2. The number of ether oxygens (including phenoxy) is 1. The molecule has 5 nitrogen and oxygen atoms in total. The summed E-state index contributed by atoms with van der Waals surface area (Å²) in [6, 6.07) is 9.79. The largest absolute Gasteiger partial charge is 0.465 e. The SMILES string of the molecule is CCOC(=O)C(NS(=O)(=O)c1cccc(C(F)(F)F)c1)c1ccccc1. The van der Waals surface area contributed by atoms with Gasteiger partial charge in [-0.25, -0.2) is 13.2 Å². The lowest BCUT2D eigenvalue weighted by atomic mass is 10.1. The van der Waals surface area contributed by atoms with E-state index >= 15 is 0 Å². The fourth-order valence-electron chi connectivity index (χ4n) is 2.19. The molecule has 0 aromatic heterocycles. The molecule has 26 heavy (non-hydrogen) atoms. The number of carbonyl (C=O) groups excluding carboxylic acids is 1. The van der Waals surface area contributed by atoms with Crippen LogP contribution in [0.25, 0.3) is 0 Å². The summed E-state index contributed by atoms with van der Waals surface area (Å²) < 4.78 is 70.5. The van der Waals surface area contributed by atoms with E-state index in [4.69, 9.17) is 4.74 Å². The first-order valence-electron chi connectivity index (χ1n) is 7.56. The van der Waals surface area contributed by atoms with Crippen LogP contribution in [0.4, 0.5) is 13.2 Å². The summed E-state index contributed by atoms with van der Waals surface area (Å²) in [5, 5.41) is 0. The van der Waals surface area contributed by atoms with Crippen molar-refractivity contribution in [1.82, 2.24) is 4.72 Å². The topological polar surface area (TPSA) is 72.5 Å². The monoisotopic (exact) mass is 387 g/mol. The maximum absolute atomic E-state index is 12.8. The molecule has 2 aromatic rings. The molecule has 0 aliphatic carbocycles. The highest BCUT2D eigenvalue weighted by atomic mass is 32.2. The van der Waals surface area contributed by atoms with Crippen molar-refractivity contribution < 1.29 is 31.1 Å². The first-order chi connectivity index (χ1) is 12.1.